The molecule has 8 heteroatoms. The predicted molar refractivity (Wildman–Crippen MR) is 114 cm³/mol. The minimum atomic E-state index is -1.02. The molecule has 0 spiro atoms. The van der Waals surface area contributed by atoms with Gasteiger partial charge in [0.15, 0.2) is 6.10 Å². The number of nitrogens with one attached hydrogen (secondary N) is 2. The van der Waals surface area contributed by atoms with Crippen LogP contribution in [0.2, 0.25) is 0 Å². The maximum absolute atomic E-state index is 12.2. The molecule has 0 radical (unpaired) electrons. The smallest absolute Gasteiger partial charge is 0.407 e. The number of hydrogen-bond donors (Lipinski definition) is 3. The molecule has 3 N–H and O–H groups in total. The number of carbonyl (C=O) groups excluding carboxylic acids is 2. The predicted octanol–water partition coefficient (Wildman–Crippen LogP) is 2.52. The van der Waals surface area contributed by atoms with Gasteiger partial charge in [-0.1, -0.05) is 48.5 Å². The molecule has 0 aromatic heterocycles. The molecule has 0 bridgehead atoms. The summed E-state index contributed by atoms with van der Waals surface area (Å²) in [6.45, 7) is 1.65. The van der Waals surface area contributed by atoms with Gasteiger partial charge in [0.25, 0.3) is 5.91 Å². The van der Waals surface area contributed by atoms with Gasteiger partial charge in [-0.2, -0.15) is 0 Å². The number of aliphatic carboxylic acids is 1. The van der Waals surface area contributed by atoms with E-state index in [2.05, 4.69) is 22.8 Å². The van der Waals surface area contributed by atoms with Crippen molar-refractivity contribution in [1.29, 1.82) is 0 Å². The number of carboxylic acid groups (broad SMARTS) is 1. The fourth-order valence-electron chi connectivity index (χ4n) is 3.76. The Morgan fingerprint density at radius 1 is 1.03 bits per heavy atom. The summed E-state index contributed by atoms with van der Waals surface area (Å²) in [5.41, 5.74) is 4.49. The normalized spacial score (nSPS) is 14.1. The highest BCUT2D eigenvalue weighted by molar-refractivity contribution is 5.83. The van der Waals surface area contributed by atoms with E-state index in [0.717, 1.165) is 22.3 Å². The lowest BCUT2D eigenvalue weighted by Crippen LogP contribution is -2.47. The van der Waals surface area contributed by atoms with Crippen LogP contribution in [0.15, 0.2) is 48.5 Å². The van der Waals surface area contributed by atoms with Crippen molar-refractivity contribution >= 4 is 18.0 Å². The van der Waals surface area contributed by atoms with Crippen LogP contribution in [0, 0.1) is 0 Å². The Kier molecular flexibility index (Phi) is 7.25. The number of carbonyl (C=O) groups is 3. The fraction of sp³-hybridized carbons (Fsp3) is 0.348. The molecule has 0 heterocycles. The molecule has 3 rings (SSSR count). The molecule has 0 fully saturated rings. The summed E-state index contributed by atoms with van der Waals surface area (Å²) in [5.74, 6) is -1.58. The first kappa shape index (κ1) is 22.3. The minimum Gasteiger partial charge on any atom is -0.481 e. The van der Waals surface area contributed by atoms with Crippen LogP contribution in [0.1, 0.15) is 30.4 Å². The topological polar surface area (TPSA) is 114 Å². The summed E-state index contributed by atoms with van der Waals surface area (Å²) < 4.78 is 10.5. The van der Waals surface area contributed by atoms with E-state index in [0.29, 0.717) is 0 Å². The summed E-state index contributed by atoms with van der Waals surface area (Å²) in [6.07, 6.45) is -1.82. The molecule has 2 amide bonds. The second-order valence-electron chi connectivity index (χ2n) is 7.44. The van der Waals surface area contributed by atoms with Gasteiger partial charge in [0.05, 0.1) is 13.0 Å². The quantitative estimate of drug-likeness (QED) is 0.568. The second kappa shape index (κ2) is 10.1. The molecule has 31 heavy (non-hydrogen) atoms. The molecule has 0 saturated heterocycles. The number of amides is 2. The summed E-state index contributed by atoms with van der Waals surface area (Å²) in [4.78, 5) is 35.2. The highest BCUT2D eigenvalue weighted by Crippen LogP contribution is 2.44. The highest BCUT2D eigenvalue weighted by Gasteiger charge is 2.29. The Labute approximate surface area is 180 Å². The summed E-state index contributed by atoms with van der Waals surface area (Å²) in [7, 11) is 1.34. The minimum absolute atomic E-state index is 0.0588. The van der Waals surface area contributed by atoms with Crippen LogP contribution >= 0.6 is 0 Å². The van der Waals surface area contributed by atoms with E-state index < -0.39 is 30.1 Å². The van der Waals surface area contributed by atoms with Gasteiger partial charge in [0.1, 0.15) is 6.61 Å². The van der Waals surface area contributed by atoms with Crippen molar-refractivity contribution < 1.29 is 29.0 Å². The monoisotopic (exact) mass is 426 g/mol. The molecular weight excluding hydrogens is 400 g/mol. The number of benzene rings is 2. The molecule has 0 saturated carbocycles. The standard InChI is InChI=1S/C23H26N2O6/c1-14(11-21(26)27)25-22(28)20(30-2)12-24-23(29)31-13-19-17-9-5-3-7-15(17)16-8-4-6-10-18(16)19/h3-10,14,19-20H,11-13H2,1-2H3,(H,24,29)(H,25,28)(H,26,27)/t14-,20?/m0/s1. The van der Waals surface area contributed by atoms with E-state index in [9.17, 15) is 14.4 Å². The molecule has 1 aliphatic carbocycles. The van der Waals surface area contributed by atoms with Gasteiger partial charge < -0.3 is 25.2 Å². The van der Waals surface area contributed by atoms with Gasteiger partial charge in [0, 0.05) is 19.1 Å². The molecule has 0 aliphatic heterocycles. The van der Waals surface area contributed by atoms with E-state index in [1.807, 2.05) is 36.4 Å². The van der Waals surface area contributed by atoms with Crippen LogP contribution in [-0.4, -0.2) is 55.5 Å². The number of fused-ring (bicyclic) bond motifs is 3. The first-order valence-electron chi connectivity index (χ1n) is 10.0. The first-order chi connectivity index (χ1) is 14.9. The van der Waals surface area contributed by atoms with Crippen molar-refractivity contribution in [1.82, 2.24) is 10.6 Å². The van der Waals surface area contributed by atoms with Crippen molar-refractivity contribution in [2.75, 3.05) is 20.3 Å². The van der Waals surface area contributed by atoms with E-state index in [1.165, 1.54) is 7.11 Å². The average molecular weight is 426 g/mol. The maximum atomic E-state index is 12.2. The zero-order valence-corrected chi connectivity index (χ0v) is 17.5. The Hall–Kier alpha value is -3.39. The SMILES string of the molecule is COC(CNC(=O)OCC1c2ccccc2-c2ccccc21)C(=O)N[C@@H](C)CC(=O)O. The number of ether oxygens (including phenoxy) is 2. The van der Waals surface area contributed by atoms with E-state index in [-0.39, 0.29) is 25.5 Å². The molecule has 1 aliphatic rings. The van der Waals surface area contributed by atoms with Crippen molar-refractivity contribution in [3.8, 4) is 11.1 Å². The number of carboxylic acids is 1. The summed E-state index contributed by atoms with van der Waals surface area (Å²) >= 11 is 0. The van der Waals surface area contributed by atoms with Gasteiger partial charge in [-0.3, -0.25) is 9.59 Å². The Morgan fingerprint density at radius 2 is 1.61 bits per heavy atom. The third-order valence-corrected chi connectivity index (χ3v) is 5.22. The third kappa shape index (κ3) is 5.40. The van der Waals surface area contributed by atoms with E-state index in [1.54, 1.807) is 6.92 Å². The molecule has 1 unspecified atom stereocenters. The van der Waals surface area contributed by atoms with Crippen LogP contribution in [0.5, 0.6) is 0 Å². The molecule has 2 aromatic carbocycles. The van der Waals surface area contributed by atoms with Crippen molar-refractivity contribution in [2.24, 2.45) is 0 Å². The maximum Gasteiger partial charge on any atom is 0.407 e. The fourth-order valence-corrected chi connectivity index (χ4v) is 3.76. The lowest BCUT2D eigenvalue weighted by molar-refractivity contribution is -0.138. The third-order valence-electron chi connectivity index (χ3n) is 5.22. The van der Waals surface area contributed by atoms with Gasteiger partial charge >= 0.3 is 12.1 Å². The second-order valence-corrected chi connectivity index (χ2v) is 7.44. The Balaban J connectivity index is 1.53. The van der Waals surface area contributed by atoms with Crippen LogP contribution in [0.4, 0.5) is 4.79 Å². The Bertz CT molecular complexity index is 915. The number of alkyl carbamates (subject to hydrolysis) is 1. The lowest BCUT2D eigenvalue weighted by atomic mass is 9.98. The van der Waals surface area contributed by atoms with Gasteiger partial charge in [-0.15, -0.1) is 0 Å². The van der Waals surface area contributed by atoms with Crippen molar-refractivity contribution in [2.45, 2.75) is 31.4 Å². The van der Waals surface area contributed by atoms with Crippen LogP contribution in [-0.2, 0) is 19.1 Å². The summed E-state index contributed by atoms with van der Waals surface area (Å²) in [6, 6.07) is 15.5. The highest BCUT2D eigenvalue weighted by atomic mass is 16.5. The molecular formula is C23H26N2O6. The molecule has 8 nitrogen and oxygen atoms in total. The van der Waals surface area contributed by atoms with Crippen molar-refractivity contribution in [3.63, 3.8) is 0 Å². The van der Waals surface area contributed by atoms with Gasteiger partial charge in [-0.25, -0.2) is 4.79 Å². The Morgan fingerprint density at radius 3 is 2.16 bits per heavy atom. The molecule has 2 aromatic rings. The first-order valence-corrected chi connectivity index (χ1v) is 10.0. The van der Waals surface area contributed by atoms with Gasteiger partial charge in [0.2, 0.25) is 0 Å². The van der Waals surface area contributed by atoms with Crippen LogP contribution in [0.3, 0.4) is 0 Å². The number of rotatable bonds is 9. The average Bonchev–Trinajstić information content (AvgIpc) is 3.06. The van der Waals surface area contributed by atoms with E-state index in [4.69, 9.17) is 14.6 Å². The van der Waals surface area contributed by atoms with Crippen molar-refractivity contribution in [3.05, 3.63) is 59.7 Å². The number of methoxy groups -OCH3 is 1. The largest absolute Gasteiger partial charge is 0.481 e. The zero-order valence-electron chi connectivity index (χ0n) is 17.5. The molecule has 2 atom stereocenters. The summed E-state index contributed by atoms with van der Waals surface area (Å²) in [5, 5.41) is 13.9. The number of hydrogen-bond acceptors (Lipinski definition) is 5. The van der Waals surface area contributed by atoms with E-state index >= 15 is 0 Å². The van der Waals surface area contributed by atoms with Crippen LogP contribution < -0.4 is 10.6 Å². The lowest BCUT2D eigenvalue weighted by Gasteiger charge is -2.19. The van der Waals surface area contributed by atoms with Gasteiger partial charge in [-0.05, 0) is 29.2 Å². The van der Waals surface area contributed by atoms with Crippen LogP contribution in [0.25, 0.3) is 11.1 Å². The zero-order chi connectivity index (χ0) is 22.4. The molecule has 164 valence electrons.